The number of aliphatic imine (C=N–C) groups is 1. The van der Waals surface area contributed by atoms with Crippen molar-refractivity contribution in [2.45, 2.75) is 57.3 Å². The molecular weight excluding hydrogens is 526 g/mol. The van der Waals surface area contributed by atoms with Crippen molar-refractivity contribution in [1.82, 2.24) is 14.9 Å². The smallest absolute Gasteiger partial charge is 0.229 e. The molecule has 1 saturated heterocycles. The average Bonchev–Trinajstić information content (AvgIpc) is 3.58. The van der Waals surface area contributed by atoms with Crippen molar-refractivity contribution in [2.75, 3.05) is 37.8 Å². The van der Waals surface area contributed by atoms with Gasteiger partial charge in [-0.2, -0.15) is 4.98 Å². The highest BCUT2D eigenvalue weighted by atomic mass is 35.5. The van der Waals surface area contributed by atoms with E-state index in [0.29, 0.717) is 5.92 Å². The number of aromatic nitrogens is 2. The maximum atomic E-state index is 12.7. The largest absolute Gasteiger partial charge is 0.488 e. The number of allylic oxidation sites excluding steroid dienone is 1. The Bertz CT molecular complexity index is 1360. The summed E-state index contributed by atoms with van der Waals surface area (Å²) in [7, 11) is -0.0743. The maximum Gasteiger partial charge on any atom is 0.229 e. The molecule has 206 valence electrons. The molecule has 2 aromatic rings. The van der Waals surface area contributed by atoms with Gasteiger partial charge < -0.3 is 26.0 Å². The van der Waals surface area contributed by atoms with E-state index in [4.69, 9.17) is 22.1 Å². The molecule has 1 saturated carbocycles. The van der Waals surface area contributed by atoms with Gasteiger partial charge in [-0.15, -0.1) is 0 Å². The normalized spacial score (nSPS) is 19.2. The average molecular weight is 562 g/mol. The van der Waals surface area contributed by atoms with Crippen molar-refractivity contribution in [1.29, 1.82) is 0 Å². The van der Waals surface area contributed by atoms with Crippen molar-refractivity contribution in [3.8, 4) is 5.75 Å². The number of ether oxygens (including phenoxy) is 1. The van der Waals surface area contributed by atoms with Crippen molar-refractivity contribution >= 4 is 45.1 Å². The number of halogens is 1. The van der Waals surface area contributed by atoms with E-state index in [1.807, 2.05) is 0 Å². The molecule has 1 aliphatic carbocycles. The van der Waals surface area contributed by atoms with Crippen LogP contribution in [0, 0.1) is 6.92 Å². The first kappa shape index (κ1) is 28.1. The lowest BCUT2D eigenvalue weighted by Crippen LogP contribution is -2.25. The predicted octanol–water partition coefficient (Wildman–Crippen LogP) is 4.21. The molecule has 4 rings (SSSR count). The number of nitrogens with two attached hydrogens (primary N) is 1. The summed E-state index contributed by atoms with van der Waals surface area (Å²) in [5.41, 5.74) is 9.32. The second-order valence-electron chi connectivity index (χ2n) is 10.2. The number of nitrogens with zero attached hydrogens (tertiary/aromatic N) is 4. The lowest BCUT2D eigenvalue weighted by Gasteiger charge is -2.20. The number of likely N-dealkylation sites (tertiary alicyclic amines) is 1. The first-order valence-electron chi connectivity index (χ1n) is 12.7. The van der Waals surface area contributed by atoms with Gasteiger partial charge in [-0.1, -0.05) is 11.6 Å². The number of likely N-dealkylation sites (N-methyl/N-ethyl adjacent to an activating group) is 1. The molecule has 0 spiro atoms. The molecule has 2 heterocycles. The van der Waals surface area contributed by atoms with Gasteiger partial charge in [-0.25, -0.2) is 13.4 Å². The quantitative estimate of drug-likeness (QED) is 0.364. The zero-order valence-electron chi connectivity index (χ0n) is 22.5. The van der Waals surface area contributed by atoms with E-state index in [-0.39, 0.29) is 33.6 Å². The molecule has 0 amide bonds. The van der Waals surface area contributed by atoms with Crippen LogP contribution in [0.3, 0.4) is 0 Å². The number of rotatable bonds is 10. The minimum absolute atomic E-state index is 0.0761. The van der Waals surface area contributed by atoms with E-state index >= 15 is 0 Å². The second-order valence-corrected chi connectivity index (χ2v) is 13.0. The highest BCUT2D eigenvalue weighted by Crippen LogP contribution is 2.39. The van der Waals surface area contributed by atoms with E-state index in [1.165, 1.54) is 30.6 Å². The highest BCUT2D eigenvalue weighted by molar-refractivity contribution is 7.95. The van der Waals surface area contributed by atoms with Gasteiger partial charge in [0.05, 0.1) is 28.9 Å². The van der Waals surface area contributed by atoms with Crippen LogP contribution >= 0.6 is 11.6 Å². The van der Waals surface area contributed by atoms with E-state index < -0.39 is 15.1 Å². The summed E-state index contributed by atoms with van der Waals surface area (Å²) < 4.78 is 31.6. The Balaban J connectivity index is 1.65. The second kappa shape index (κ2) is 11.5. The Hall–Kier alpha value is -2.89. The van der Waals surface area contributed by atoms with Crippen LogP contribution in [-0.2, 0) is 9.84 Å². The van der Waals surface area contributed by atoms with E-state index in [2.05, 4.69) is 56.6 Å². The standard InChI is InChI=1S/C26H36ClN7O3S/c1-15(2)38(35,36)24(28)22(13-29-4)31-25-20(27)12-30-26(33-25)32-21-10-16(3)19(17-8-9-34(5)14-17)11-23(21)37-18-6-7-18/h10-13,15,17-18H,6-9,14,28H2,1-5H3,(H2,30,31,32,33). The molecule has 4 N–H and O–H groups in total. The molecule has 1 aliphatic heterocycles. The van der Waals surface area contributed by atoms with Crippen molar-refractivity contribution in [2.24, 2.45) is 10.7 Å². The van der Waals surface area contributed by atoms with Gasteiger partial charge in [0, 0.05) is 19.8 Å². The number of nitrogens with one attached hydrogen (secondary N) is 2. The monoisotopic (exact) mass is 561 g/mol. The zero-order valence-corrected chi connectivity index (χ0v) is 24.0. The first-order valence-corrected chi connectivity index (χ1v) is 14.6. The van der Waals surface area contributed by atoms with Crippen molar-refractivity contribution in [3.63, 3.8) is 0 Å². The third-order valence-electron chi connectivity index (χ3n) is 6.71. The Morgan fingerprint density at radius 1 is 1.32 bits per heavy atom. The molecule has 1 atom stereocenters. The van der Waals surface area contributed by atoms with Crippen LogP contribution in [-0.4, -0.2) is 68.0 Å². The molecule has 2 fully saturated rings. The summed E-state index contributed by atoms with van der Waals surface area (Å²) in [6.07, 6.45) is 6.17. The fourth-order valence-electron chi connectivity index (χ4n) is 4.35. The van der Waals surface area contributed by atoms with Gasteiger partial charge in [-0.05, 0) is 82.8 Å². The SMILES string of the molecule is CN=CC(Nc1nc(Nc2cc(C)c(C3CCN(C)C3)cc2OC2CC2)ncc1Cl)=C(N)S(=O)(=O)C(C)C. The fourth-order valence-corrected chi connectivity index (χ4v) is 5.41. The Morgan fingerprint density at radius 3 is 2.66 bits per heavy atom. The summed E-state index contributed by atoms with van der Waals surface area (Å²) in [5.74, 6) is 1.69. The van der Waals surface area contributed by atoms with Gasteiger partial charge in [0.15, 0.2) is 20.7 Å². The third-order valence-corrected chi connectivity index (χ3v) is 9.06. The molecule has 38 heavy (non-hydrogen) atoms. The van der Waals surface area contributed by atoms with Crippen LogP contribution in [0.25, 0.3) is 0 Å². The van der Waals surface area contributed by atoms with Crippen LogP contribution < -0.4 is 21.1 Å². The first-order chi connectivity index (χ1) is 18.0. The summed E-state index contributed by atoms with van der Waals surface area (Å²) in [5, 5.41) is 5.34. The van der Waals surface area contributed by atoms with Crippen LogP contribution in [0.4, 0.5) is 17.5 Å². The Morgan fingerprint density at radius 2 is 2.05 bits per heavy atom. The summed E-state index contributed by atoms with van der Waals surface area (Å²) in [6, 6.07) is 4.21. The minimum atomic E-state index is -3.74. The summed E-state index contributed by atoms with van der Waals surface area (Å²) in [6.45, 7) is 7.33. The molecule has 12 heteroatoms. The number of hydrogen-bond acceptors (Lipinski definition) is 10. The highest BCUT2D eigenvalue weighted by Gasteiger charge is 2.28. The van der Waals surface area contributed by atoms with Gasteiger partial charge in [0.2, 0.25) is 5.95 Å². The van der Waals surface area contributed by atoms with E-state index in [1.54, 1.807) is 13.8 Å². The number of benzene rings is 1. The Kier molecular flexibility index (Phi) is 8.49. The lowest BCUT2D eigenvalue weighted by molar-refractivity contribution is 0.304. The fraction of sp³-hybridized carbons (Fsp3) is 0.500. The topological polar surface area (TPSA) is 135 Å². The van der Waals surface area contributed by atoms with Gasteiger partial charge in [0.1, 0.15) is 10.8 Å². The molecule has 1 aromatic carbocycles. The van der Waals surface area contributed by atoms with Gasteiger partial charge >= 0.3 is 0 Å². The van der Waals surface area contributed by atoms with Crippen LogP contribution in [0.5, 0.6) is 5.75 Å². The predicted molar refractivity (Wildman–Crippen MR) is 153 cm³/mol. The van der Waals surface area contributed by atoms with Crippen LogP contribution in [0.2, 0.25) is 5.02 Å². The van der Waals surface area contributed by atoms with Crippen molar-refractivity contribution < 1.29 is 13.2 Å². The third kappa shape index (κ3) is 6.39. The van der Waals surface area contributed by atoms with Crippen LogP contribution in [0.1, 0.15) is 50.2 Å². The van der Waals surface area contributed by atoms with Gasteiger partial charge in [0.25, 0.3) is 0 Å². The van der Waals surface area contributed by atoms with E-state index in [9.17, 15) is 8.42 Å². The lowest BCUT2D eigenvalue weighted by atomic mass is 9.93. The van der Waals surface area contributed by atoms with E-state index in [0.717, 1.165) is 43.8 Å². The molecule has 1 unspecified atom stereocenters. The summed E-state index contributed by atoms with van der Waals surface area (Å²) in [4.78, 5) is 15.1. The molecule has 2 aliphatic rings. The molecule has 0 radical (unpaired) electrons. The van der Waals surface area contributed by atoms with Crippen LogP contribution in [0.15, 0.2) is 34.0 Å². The minimum Gasteiger partial charge on any atom is -0.488 e. The summed E-state index contributed by atoms with van der Waals surface area (Å²) >= 11 is 6.36. The number of aryl methyl sites for hydroxylation is 1. The number of sulfone groups is 1. The number of anilines is 3. The van der Waals surface area contributed by atoms with Gasteiger partial charge in [-0.3, -0.25) is 4.99 Å². The maximum absolute atomic E-state index is 12.7. The number of hydrogen-bond donors (Lipinski definition) is 3. The zero-order chi connectivity index (χ0) is 27.6. The molecule has 10 nitrogen and oxygen atoms in total. The molecular formula is C26H36ClN7O3S. The Labute approximate surface area is 229 Å². The van der Waals surface area contributed by atoms with Crippen molar-refractivity contribution in [3.05, 3.63) is 45.2 Å². The molecule has 1 aromatic heterocycles. The molecule has 0 bridgehead atoms.